The number of benzene rings is 1. The molecule has 0 atom stereocenters. The Bertz CT molecular complexity index is 1590. The number of methoxy groups -OCH3 is 1. The topological polar surface area (TPSA) is 107 Å². The summed E-state index contributed by atoms with van der Waals surface area (Å²) in [6.45, 7) is 5.43. The van der Waals surface area contributed by atoms with Gasteiger partial charge in [0.15, 0.2) is 5.82 Å². The number of H-pyrrole nitrogens is 1. The molecule has 4 heterocycles. The molecule has 36 heavy (non-hydrogen) atoms. The average Bonchev–Trinajstić information content (AvgIpc) is 3.57. The lowest BCUT2D eigenvalue weighted by Crippen LogP contribution is -2.12. The van der Waals surface area contributed by atoms with E-state index < -0.39 is 5.76 Å². The molecule has 0 spiro atoms. The molecule has 1 aromatic carbocycles. The SMILES string of the molecule is CCOc1cc(-c2cc(NCCn3c(C)cc4c(OC)ccc(F)c43)ccn2)sc1-c1noc(=O)[nH]1. The highest BCUT2D eigenvalue weighted by Gasteiger charge is 2.18. The maximum Gasteiger partial charge on any atom is 0.439 e. The van der Waals surface area contributed by atoms with E-state index in [-0.39, 0.29) is 5.82 Å². The minimum absolute atomic E-state index is 0.280. The Morgan fingerprint density at radius 2 is 2.08 bits per heavy atom. The predicted molar refractivity (Wildman–Crippen MR) is 137 cm³/mol. The summed E-state index contributed by atoms with van der Waals surface area (Å²) >= 11 is 1.39. The van der Waals surface area contributed by atoms with E-state index >= 15 is 0 Å². The zero-order valence-electron chi connectivity index (χ0n) is 19.9. The van der Waals surface area contributed by atoms with E-state index in [1.54, 1.807) is 19.4 Å². The van der Waals surface area contributed by atoms with Crippen molar-refractivity contribution in [3.63, 3.8) is 0 Å². The molecule has 0 fully saturated rings. The van der Waals surface area contributed by atoms with Crippen LogP contribution in [0.3, 0.4) is 0 Å². The first-order chi connectivity index (χ1) is 17.5. The van der Waals surface area contributed by atoms with Gasteiger partial charge in [-0.1, -0.05) is 5.16 Å². The summed E-state index contributed by atoms with van der Waals surface area (Å²) in [5, 5.41) is 7.94. The van der Waals surface area contributed by atoms with Crippen LogP contribution in [0.4, 0.5) is 10.1 Å². The summed E-state index contributed by atoms with van der Waals surface area (Å²) in [4.78, 5) is 20.0. The number of nitrogens with zero attached hydrogens (tertiary/aromatic N) is 3. The summed E-state index contributed by atoms with van der Waals surface area (Å²) in [7, 11) is 1.58. The van der Waals surface area contributed by atoms with Gasteiger partial charge in [0.05, 0.1) is 29.8 Å². The summed E-state index contributed by atoms with van der Waals surface area (Å²) in [6, 6.07) is 10.7. The maximum atomic E-state index is 14.6. The molecule has 0 bridgehead atoms. The van der Waals surface area contributed by atoms with Crippen molar-refractivity contribution in [1.82, 2.24) is 19.7 Å². The minimum atomic E-state index is -0.629. The fourth-order valence-electron chi connectivity index (χ4n) is 4.15. The Morgan fingerprint density at radius 1 is 1.22 bits per heavy atom. The largest absolute Gasteiger partial charge is 0.496 e. The van der Waals surface area contributed by atoms with E-state index in [0.29, 0.717) is 47.4 Å². The van der Waals surface area contributed by atoms with Crippen LogP contribution in [0, 0.1) is 12.7 Å². The highest BCUT2D eigenvalue weighted by Crippen LogP contribution is 2.41. The number of halogens is 1. The molecule has 5 aromatic rings. The fraction of sp³-hybridized carbons (Fsp3) is 0.240. The molecule has 0 amide bonds. The number of aromatic nitrogens is 4. The van der Waals surface area contributed by atoms with Crippen LogP contribution in [0.1, 0.15) is 12.6 Å². The fourth-order valence-corrected chi connectivity index (χ4v) is 5.15. The van der Waals surface area contributed by atoms with Crippen LogP contribution in [0.15, 0.2) is 51.9 Å². The number of ether oxygens (including phenoxy) is 2. The number of pyridine rings is 1. The van der Waals surface area contributed by atoms with E-state index in [2.05, 4.69) is 25.0 Å². The lowest BCUT2D eigenvalue weighted by molar-refractivity contribution is 0.342. The molecule has 0 unspecified atom stereocenters. The van der Waals surface area contributed by atoms with E-state index in [1.807, 2.05) is 42.7 Å². The van der Waals surface area contributed by atoms with Gasteiger partial charge in [-0.3, -0.25) is 14.5 Å². The Balaban J connectivity index is 1.36. The van der Waals surface area contributed by atoms with Gasteiger partial charge in [0, 0.05) is 42.1 Å². The molecule has 186 valence electrons. The molecule has 0 aliphatic heterocycles. The smallest absolute Gasteiger partial charge is 0.439 e. The van der Waals surface area contributed by atoms with Crippen molar-refractivity contribution in [3.05, 3.63) is 64.7 Å². The Labute approximate surface area is 209 Å². The Kier molecular flexibility index (Phi) is 6.47. The number of thiophene rings is 1. The standard InChI is InChI=1S/C25H24FN5O4S/c1-4-34-20-13-21(36-23(20)24-29-25(32)35-30-24)18-12-15(7-8-28-18)27-9-10-31-14(2)11-16-19(33-3)6-5-17(26)22(16)31/h5-8,11-13H,4,9-10H2,1-3H3,(H,27,28)(H,29,30,32). The molecule has 4 aromatic heterocycles. The van der Waals surface area contributed by atoms with Crippen molar-refractivity contribution in [2.24, 2.45) is 0 Å². The number of anilines is 1. The lowest BCUT2D eigenvalue weighted by Gasteiger charge is -2.12. The third kappa shape index (κ3) is 4.44. The van der Waals surface area contributed by atoms with E-state index in [0.717, 1.165) is 27.3 Å². The highest BCUT2D eigenvalue weighted by molar-refractivity contribution is 7.19. The molecule has 0 radical (unpaired) electrons. The number of rotatable bonds is 9. The van der Waals surface area contributed by atoms with Crippen molar-refractivity contribution in [2.75, 3.05) is 25.6 Å². The second-order valence-corrected chi connectivity index (χ2v) is 9.04. The van der Waals surface area contributed by atoms with Gasteiger partial charge < -0.3 is 19.4 Å². The summed E-state index contributed by atoms with van der Waals surface area (Å²) in [5.74, 6) is 0.645. The molecule has 0 saturated carbocycles. The van der Waals surface area contributed by atoms with Gasteiger partial charge in [0.25, 0.3) is 0 Å². The van der Waals surface area contributed by atoms with Crippen molar-refractivity contribution >= 4 is 27.9 Å². The molecule has 2 N–H and O–H groups in total. The summed E-state index contributed by atoms with van der Waals surface area (Å²) in [5.41, 5.74) is 3.09. The van der Waals surface area contributed by atoms with Crippen LogP contribution in [-0.2, 0) is 6.54 Å². The Hall–Kier alpha value is -4.12. The lowest BCUT2D eigenvalue weighted by atomic mass is 10.2. The molecular weight excluding hydrogens is 485 g/mol. The number of aryl methyl sites for hydroxylation is 1. The van der Waals surface area contributed by atoms with Gasteiger partial charge in [0.1, 0.15) is 22.2 Å². The molecule has 5 rings (SSSR count). The second kappa shape index (κ2) is 9.86. The zero-order chi connectivity index (χ0) is 25.2. The summed E-state index contributed by atoms with van der Waals surface area (Å²) in [6.07, 6.45) is 1.72. The van der Waals surface area contributed by atoms with Crippen molar-refractivity contribution in [2.45, 2.75) is 20.4 Å². The van der Waals surface area contributed by atoms with Crippen LogP contribution >= 0.6 is 11.3 Å². The number of fused-ring (bicyclic) bond motifs is 1. The van der Waals surface area contributed by atoms with Gasteiger partial charge in [-0.15, -0.1) is 11.3 Å². The van der Waals surface area contributed by atoms with Gasteiger partial charge >= 0.3 is 5.76 Å². The van der Waals surface area contributed by atoms with Crippen LogP contribution in [0.25, 0.3) is 32.2 Å². The van der Waals surface area contributed by atoms with Gasteiger partial charge in [0.2, 0.25) is 0 Å². The molecule has 0 saturated heterocycles. The third-order valence-electron chi connectivity index (χ3n) is 5.73. The molecule has 0 aliphatic rings. The quantitative estimate of drug-likeness (QED) is 0.285. The first kappa shape index (κ1) is 23.6. The minimum Gasteiger partial charge on any atom is -0.496 e. The predicted octanol–water partition coefficient (Wildman–Crippen LogP) is 5.08. The monoisotopic (exact) mass is 509 g/mol. The zero-order valence-corrected chi connectivity index (χ0v) is 20.7. The number of hydrogen-bond acceptors (Lipinski definition) is 8. The molecule has 0 aliphatic carbocycles. The normalized spacial score (nSPS) is 11.2. The van der Waals surface area contributed by atoms with Gasteiger partial charge in [-0.25, -0.2) is 9.18 Å². The van der Waals surface area contributed by atoms with Crippen molar-refractivity contribution in [1.29, 1.82) is 0 Å². The van der Waals surface area contributed by atoms with Crippen LogP contribution in [0.5, 0.6) is 11.5 Å². The maximum absolute atomic E-state index is 14.6. The average molecular weight is 510 g/mol. The van der Waals surface area contributed by atoms with Crippen molar-refractivity contribution in [3.8, 4) is 32.8 Å². The Morgan fingerprint density at radius 3 is 2.83 bits per heavy atom. The van der Waals surface area contributed by atoms with Crippen LogP contribution in [0.2, 0.25) is 0 Å². The molecule has 11 heteroatoms. The molecule has 9 nitrogen and oxygen atoms in total. The van der Waals surface area contributed by atoms with E-state index in [9.17, 15) is 9.18 Å². The van der Waals surface area contributed by atoms with Gasteiger partial charge in [-0.2, -0.15) is 0 Å². The molecular formula is C25H24FN5O4S. The van der Waals surface area contributed by atoms with E-state index in [4.69, 9.17) is 9.47 Å². The first-order valence-electron chi connectivity index (χ1n) is 11.3. The van der Waals surface area contributed by atoms with E-state index in [1.165, 1.54) is 17.4 Å². The van der Waals surface area contributed by atoms with Crippen LogP contribution < -0.4 is 20.5 Å². The van der Waals surface area contributed by atoms with Crippen LogP contribution in [-0.4, -0.2) is 40.0 Å². The number of nitrogens with one attached hydrogen (secondary N) is 2. The van der Waals surface area contributed by atoms with Gasteiger partial charge in [-0.05, 0) is 44.2 Å². The summed E-state index contributed by atoms with van der Waals surface area (Å²) < 4.78 is 32.4. The highest BCUT2D eigenvalue weighted by atomic mass is 32.1. The second-order valence-electron chi connectivity index (χ2n) is 7.99. The number of aromatic amines is 1. The number of hydrogen-bond donors (Lipinski definition) is 2. The van der Waals surface area contributed by atoms with Crippen molar-refractivity contribution < 1.29 is 18.4 Å². The third-order valence-corrected chi connectivity index (χ3v) is 6.87. The first-order valence-corrected chi connectivity index (χ1v) is 12.2.